The summed E-state index contributed by atoms with van der Waals surface area (Å²) in [6.07, 6.45) is 1.52. The minimum atomic E-state index is 0.407. The van der Waals surface area contributed by atoms with Crippen molar-refractivity contribution >= 4 is 28.5 Å². The molecule has 1 aromatic heterocycles. The molecule has 0 saturated carbocycles. The van der Waals surface area contributed by atoms with Gasteiger partial charge in [-0.3, -0.25) is 4.98 Å². The molecule has 0 spiro atoms. The zero-order valence-corrected chi connectivity index (χ0v) is 6.92. The smallest absolute Gasteiger partial charge is 0.142 e. The highest BCUT2D eigenvalue weighted by atomic mass is 35.5. The van der Waals surface area contributed by atoms with E-state index in [0.717, 1.165) is 11.0 Å². The lowest BCUT2D eigenvalue weighted by Crippen LogP contribution is -1.91. The zero-order chi connectivity index (χ0) is 8.55. The number of fused-ring (bicyclic) bond motifs is 1. The Morgan fingerprint density at radius 3 is 2.92 bits per heavy atom. The van der Waals surface area contributed by atoms with Crippen molar-refractivity contribution < 1.29 is 0 Å². The van der Waals surface area contributed by atoms with Gasteiger partial charge in [0.25, 0.3) is 0 Å². The Balaban J connectivity index is 2.80. The van der Waals surface area contributed by atoms with E-state index in [9.17, 15) is 0 Å². The second-order valence-corrected chi connectivity index (χ2v) is 2.86. The predicted octanol–water partition coefficient (Wildman–Crippen LogP) is 1.87. The summed E-state index contributed by atoms with van der Waals surface area (Å²) in [5, 5.41) is 0.641. The van der Waals surface area contributed by atoms with E-state index in [2.05, 4.69) is 9.97 Å². The predicted molar refractivity (Wildman–Crippen MR) is 49.0 cm³/mol. The van der Waals surface area contributed by atoms with Crippen LogP contribution in [0.3, 0.4) is 0 Å². The first kappa shape index (κ1) is 7.31. The Hall–Kier alpha value is -1.35. The Kier molecular flexibility index (Phi) is 1.59. The molecule has 4 heteroatoms. The van der Waals surface area contributed by atoms with Gasteiger partial charge in [0.1, 0.15) is 5.82 Å². The van der Waals surface area contributed by atoms with Crippen molar-refractivity contribution in [2.45, 2.75) is 0 Å². The van der Waals surface area contributed by atoms with E-state index >= 15 is 0 Å². The summed E-state index contributed by atoms with van der Waals surface area (Å²) in [5.74, 6) is 0.407. The Bertz CT molecular complexity index is 391. The number of nitrogens with two attached hydrogens (primary N) is 1. The van der Waals surface area contributed by atoms with Gasteiger partial charge >= 0.3 is 0 Å². The maximum Gasteiger partial charge on any atom is 0.142 e. The molecule has 0 aliphatic rings. The molecular weight excluding hydrogens is 174 g/mol. The molecule has 2 rings (SSSR count). The SMILES string of the molecule is Nc1cnc2ccc(Cl)cc2n1. The van der Waals surface area contributed by atoms with Crippen LogP contribution in [-0.4, -0.2) is 9.97 Å². The highest BCUT2D eigenvalue weighted by molar-refractivity contribution is 6.31. The van der Waals surface area contributed by atoms with Crippen LogP contribution in [0.4, 0.5) is 5.82 Å². The number of rotatable bonds is 0. The molecule has 1 aromatic carbocycles. The number of anilines is 1. The third kappa shape index (κ3) is 1.19. The van der Waals surface area contributed by atoms with Gasteiger partial charge in [-0.25, -0.2) is 4.98 Å². The van der Waals surface area contributed by atoms with Crippen molar-refractivity contribution in [2.75, 3.05) is 5.73 Å². The van der Waals surface area contributed by atoms with Crippen LogP contribution < -0.4 is 5.73 Å². The fourth-order valence-electron chi connectivity index (χ4n) is 0.999. The van der Waals surface area contributed by atoms with Crippen molar-refractivity contribution in [3.05, 3.63) is 29.4 Å². The Morgan fingerprint density at radius 1 is 1.25 bits per heavy atom. The van der Waals surface area contributed by atoms with Gasteiger partial charge in [0.2, 0.25) is 0 Å². The number of hydrogen-bond acceptors (Lipinski definition) is 3. The summed E-state index contributed by atoms with van der Waals surface area (Å²) < 4.78 is 0. The molecule has 2 N–H and O–H groups in total. The molecule has 1 heterocycles. The quantitative estimate of drug-likeness (QED) is 0.672. The Labute approximate surface area is 74.2 Å². The molecular formula is C8H6ClN3. The van der Waals surface area contributed by atoms with Gasteiger partial charge in [0.05, 0.1) is 17.2 Å². The normalized spacial score (nSPS) is 10.4. The highest BCUT2D eigenvalue weighted by Gasteiger charge is 1.96. The van der Waals surface area contributed by atoms with Gasteiger partial charge in [-0.2, -0.15) is 0 Å². The molecule has 0 fully saturated rings. The second-order valence-electron chi connectivity index (χ2n) is 2.43. The summed E-state index contributed by atoms with van der Waals surface area (Å²) in [6.45, 7) is 0. The largest absolute Gasteiger partial charge is 0.382 e. The number of nitrogen functional groups attached to an aromatic ring is 1. The fraction of sp³-hybridized carbons (Fsp3) is 0. The zero-order valence-electron chi connectivity index (χ0n) is 6.16. The number of aromatic nitrogens is 2. The van der Waals surface area contributed by atoms with Crippen LogP contribution in [0.15, 0.2) is 24.4 Å². The van der Waals surface area contributed by atoms with Crippen molar-refractivity contribution in [2.24, 2.45) is 0 Å². The van der Waals surface area contributed by atoms with Gasteiger partial charge in [-0.1, -0.05) is 11.6 Å². The molecule has 0 aliphatic carbocycles. The van der Waals surface area contributed by atoms with Crippen LogP contribution >= 0.6 is 11.6 Å². The van der Waals surface area contributed by atoms with E-state index < -0.39 is 0 Å². The van der Waals surface area contributed by atoms with Gasteiger partial charge in [0.15, 0.2) is 0 Å². The van der Waals surface area contributed by atoms with Gasteiger partial charge in [0, 0.05) is 5.02 Å². The van der Waals surface area contributed by atoms with Crippen molar-refractivity contribution in [1.82, 2.24) is 9.97 Å². The topological polar surface area (TPSA) is 51.8 Å². The van der Waals surface area contributed by atoms with Gasteiger partial charge < -0.3 is 5.73 Å². The molecule has 0 atom stereocenters. The van der Waals surface area contributed by atoms with Gasteiger partial charge in [-0.05, 0) is 18.2 Å². The van der Waals surface area contributed by atoms with Crippen molar-refractivity contribution in [3.63, 3.8) is 0 Å². The summed E-state index contributed by atoms with van der Waals surface area (Å²) in [6, 6.07) is 5.32. The molecule has 12 heavy (non-hydrogen) atoms. The minimum absolute atomic E-state index is 0.407. The molecule has 0 saturated heterocycles. The summed E-state index contributed by atoms with van der Waals surface area (Å²) in [4.78, 5) is 8.14. The maximum absolute atomic E-state index is 5.76. The van der Waals surface area contributed by atoms with E-state index in [1.165, 1.54) is 6.20 Å². The second kappa shape index (κ2) is 2.60. The molecule has 60 valence electrons. The summed E-state index contributed by atoms with van der Waals surface area (Å²) in [5.41, 5.74) is 6.98. The van der Waals surface area contributed by atoms with E-state index in [4.69, 9.17) is 17.3 Å². The van der Waals surface area contributed by atoms with Crippen molar-refractivity contribution in [1.29, 1.82) is 0 Å². The Morgan fingerprint density at radius 2 is 2.08 bits per heavy atom. The van der Waals surface area contributed by atoms with Crippen LogP contribution in [0.5, 0.6) is 0 Å². The van der Waals surface area contributed by atoms with E-state index in [0.29, 0.717) is 10.8 Å². The number of halogens is 1. The van der Waals surface area contributed by atoms with Crippen LogP contribution in [0.1, 0.15) is 0 Å². The average Bonchev–Trinajstić information content (AvgIpc) is 2.03. The number of nitrogens with zero attached hydrogens (tertiary/aromatic N) is 2. The third-order valence-corrected chi connectivity index (χ3v) is 1.76. The molecule has 0 radical (unpaired) electrons. The monoisotopic (exact) mass is 179 g/mol. The maximum atomic E-state index is 5.76. The molecule has 3 nitrogen and oxygen atoms in total. The minimum Gasteiger partial charge on any atom is -0.382 e. The molecule has 0 amide bonds. The number of hydrogen-bond donors (Lipinski definition) is 1. The van der Waals surface area contributed by atoms with E-state index in [1.807, 2.05) is 6.07 Å². The lowest BCUT2D eigenvalue weighted by Gasteiger charge is -1.97. The first-order valence-electron chi connectivity index (χ1n) is 3.43. The summed E-state index contributed by atoms with van der Waals surface area (Å²) >= 11 is 5.76. The number of benzene rings is 1. The van der Waals surface area contributed by atoms with Crippen LogP contribution in [0.25, 0.3) is 11.0 Å². The standard InChI is InChI=1S/C8H6ClN3/c9-5-1-2-6-7(3-5)12-8(10)4-11-6/h1-4H,(H2,10,12). The van der Waals surface area contributed by atoms with Crippen LogP contribution in [0.2, 0.25) is 5.02 Å². The first-order chi connectivity index (χ1) is 5.75. The van der Waals surface area contributed by atoms with E-state index in [-0.39, 0.29) is 0 Å². The molecule has 0 aliphatic heterocycles. The molecule has 2 aromatic rings. The molecule has 0 unspecified atom stereocenters. The lowest BCUT2D eigenvalue weighted by molar-refractivity contribution is 1.30. The fourth-order valence-corrected chi connectivity index (χ4v) is 1.17. The average molecular weight is 180 g/mol. The lowest BCUT2D eigenvalue weighted by atomic mass is 10.3. The van der Waals surface area contributed by atoms with Crippen LogP contribution in [-0.2, 0) is 0 Å². The first-order valence-corrected chi connectivity index (χ1v) is 3.81. The molecule has 0 bridgehead atoms. The van der Waals surface area contributed by atoms with Crippen LogP contribution in [0, 0.1) is 0 Å². The van der Waals surface area contributed by atoms with E-state index in [1.54, 1.807) is 12.1 Å². The van der Waals surface area contributed by atoms with Gasteiger partial charge in [-0.15, -0.1) is 0 Å². The third-order valence-electron chi connectivity index (χ3n) is 1.52. The van der Waals surface area contributed by atoms with Crippen molar-refractivity contribution in [3.8, 4) is 0 Å². The summed E-state index contributed by atoms with van der Waals surface area (Å²) in [7, 11) is 0. The highest BCUT2D eigenvalue weighted by Crippen LogP contribution is 2.15.